The van der Waals surface area contributed by atoms with E-state index in [4.69, 9.17) is 4.74 Å². The van der Waals surface area contributed by atoms with E-state index in [1.54, 1.807) is 0 Å². The van der Waals surface area contributed by atoms with Crippen LogP contribution in [0.25, 0.3) is 0 Å². The van der Waals surface area contributed by atoms with Crippen molar-refractivity contribution in [3.05, 3.63) is 12.5 Å². The molecule has 1 fully saturated rings. The van der Waals surface area contributed by atoms with Crippen molar-refractivity contribution in [2.45, 2.75) is 44.5 Å². The summed E-state index contributed by atoms with van der Waals surface area (Å²) in [4.78, 5) is 2.02. The molecule has 100 valence electrons. The van der Waals surface area contributed by atoms with E-state index in [0.717, 1.165) is 0 Å². The number of ether oxygens (including phenoxy) is 1. The van der Waals surface area contributed by atoms with Crippen LogP contribution < -0.4 is 0 Å². The van der Waals surface area contributed by atoms with Crippen molar-refractivity contribution in [1.82, 2.24) is 4.90 Å². The Hall–Kier alpha value is -0.710. The van der Waals surface area contributed by atoms with E-state index in [2.05, 4.69) is 6.58 Å². The molecule has 0 aromatic carbocycles. The molecule has 0 atom stereocenters. The summed E-state index contributed by atoms with van der Waals surface area (Å²) in [6.45, 7) is 11.2. The molecule has 0 amide bonds. The zero-order valence-corrected chi connectivity index (χ0v) is 12.0. The number of sulfone groups is 1. The van der Waals surface area contributed by atoms with Crippen LogP contribution in [0.2, 0.25) is 0 Å². The van der Waals surface area contributed by atoms with Gasteiger partial charge in [-0.25, -0.2) is 8.42 Å². The van der Waals surface area contributed by atoms with Gasteiger partial charge in [0.15, 0.2) is 5.88 Å². The first-order valence-corrected chi connectivity index (χ1v) is 7.87. The summed E-state index contributed by atoms with van der Waals surface area (Å²) < 4.78 is 28.5. The van der Waals surface area contributed by atoms with Crippen LogP contribution in [0.3, 0.4) is 0 Å². The number of piperidine rings is 1. The molecular weight excluding hydrogens is 238 g/mol. The van der Waals surface area contributed by atoms with Gasteiger partial charge in [0.2, 0.25) is 0 Å². The van der Waals surface area contributed by atoms with Gasteiger partial charge in [-0.1, -0.05) is 0 Å². The summed E-state index contributed by atoms with van der Waals surface area (Å²) in [5.74, 6) is 0.643. The highest BCUT2D eigenvalue weighted by molar-refractivity contribution is 7.91. The van der Waals surface area contributed by atoms with Crippen LogP contribution in [-0.4, -0.2) is 43.5 Å². The first-order valence-electron chi connectivity index (χ1n) is 5.91. The Bertz CT molecular complexity index is 373. The molecule has 0 radical (unpaired) electrons. The third-order valence-corrected chi connectivity index (χ3v) is 4.51. The van der Waals surface area contributed by atoms with Gasteiger partial charge in [0.1, 0.15) is 15.4 Å². The maximum Gasteiger partial charge on any atom is 0.182 e. The first kappa shape index (κ1) is 14.4. The molecule has 0 aromatic rings. The van der Waals surface area contributed by atoms with Crippen LogP contribution in [0.5, 0.6) is 0 Å². The van der Waals surface area contributed by atoms with E-state index < -0.39 is 9.84 Å². The summed E-state index contributed by atoms with van der Waals surface area (Å²) in [5, 5.41) is -0.207. The van der Waals surface area contributed by atoms with Gasteiger partial charge >= 0.3 is 0 Å². The SMILES string of the molecule is C=C(OC(C)(C)C)N1CCC(S(C)(=O)=O)CC1. The van der Waals surface area contributed by atoms with E-state index >= 15 is 0 Å². The van der Waals surface area contributed by atoms with Gasteiger partial charge in [-0.05, 0) is 40.2 Å². The second-order valence-corrected chi connectivity index (χ2v) is 7.95. The van der Waals surface area contributed by atoms with Gasteiger partial charge < -0.3 is 9.64 Å². The smallest absolute Gasteiger partial charge is 0.182 e. The maximum atomic E-state index is 11.4. The number of nitrogens with zero attached hydrogens (tertiary/aromatic N) is 1. The zero-order chi connectivity index (χ0) is 13.3. The molecule has 0 aliphatic carbocycles. The van der Waals surface area contributed by atoms with Crippen LogP contribution in [0, 0.1) is 0 Å². The third-order valence-electron chi connectivity index (χ3n) is 2.82. The largest absolute Gasteiger partial charge is 0.474 e. The predicted molar refractivity (Wildman–Crippen MR) is 69.4 cm³/mol. The van der Waals surface area contributed by atoms with Crippen molar-refractivity contribution in [2.75, 3.05) is 19.3 Å². The lowest BCUT2D eigenvalue weighted by Crippen LogP contribution is -2.40. The summed E-state index contributed by atoms with van der Waals surface area (Å²) >= 11 is 0. The van der Waals surface area contributed by atoms with Crippen molar-refractivity contribution in [2.24, 2.45) is 0 Å². The highest BCUT2D eigenvalue weighted by Gasteiger charge is 2.28. The molecule has 0 aromatic heterocycles. The van der Waals surface area contributed by atoms with Crippen molar-refractivity contribution in [3.63, 3.8) is 0 Å². The Morgan fingerprint density at radius 2 is 1.76 bits per heavy atom. The van der Waals surface area contributed by atoms with Gasteiger partial charge in [-0.2, -0.15) is 0 Å². The standard InChI is InChI=1S/C12H23NO3S/c1-10(16-12(2,3)4)13-8-6-11(7-9-13)17(5,14)15/h11H,1,6-9H2,2-5H3. The van der Waals surface area contributed by atoms with Crippen LogP contribution in [-0.2, 0) is 14.6 Å². The topological polar surface area (TPSA) is 46.6 Å². The number of likely N-dealkylation sites (tertiary alicyclic amines) is 1. The van der Waals surface area contributed by atoms with Crippen molar-refractivity contribution in [1.29, 1.82) is 0 Å². The normalized spacial score (nSPS) is 19.2. The molecule has 4 nitrogen and oxygen atoms in total. The summed E-state index contributed by atoms with van der Waals surface area (Å²) in [5.41, 5.74) is -0.259. The van der Waals surface area contributed by atoms with E-state index in [9.17, 15) is 8.42 Å². The van der Waals surface area contributed by atoms with E-state index in [0.29, 0.717) is 31.8 Å². The molecule has 17 heavy (non-hydrogen) atoms. The van der Waals surface area contributed by atoms with Crippen molar-refractivity contribution in [3.8, 4) is 0 Å². The molecule has 0 spiro atoms. The summed E-state index contributed by atoms with van der Waals surface area (Å²) in [7, 11) is -2.91. The van der Waals surface area contributed by atoms with Crippen molar-refractivity contribution >= 4 is 9.84 Å². The Balaban J connectivity index is 2.50. The molecule has 5 heteroatoms. The molecule has 0 N–H and O–H groups in total. The lowest BCUT2D eigenvalue weighted by atomic mass is 10.1. The summed E-state index contributed by atoms with van der Waals surface area (Å²) in [6, 6.07) is 0. The van der Waals surface area contributed by atoms with Gasteiger partial charge in [0, 0.05) is 19.3 Å². The minimum Gasteiger partial charge on any atom is -0.474 e. The molecule has 1 heterocycles. The average Bonchev–Trinajstić information content (AvgIpc) is 2.14. The van der Waals surface area contributed by atoms with Gasteiger partial charge in [-0.3, -0.25) is 0 Å². The minimum atomic E-state index is -2.91. The van der Waals surface area contributed by atoms with Crippen LogP contribution >= 0.6 is 0 Å². The first-order chi connectivity index (χ1) is 7.59. The van der Waals surface area contributed by atoms with E-state index in [1.807, 2.05) is 25.7 Å². The molecule has 1 aliphatic rings. The fraction of sp³-hybridized carbons (Fsp3) is 0.833. The van der Waals surface area contributed by atoms with Gasteiger partial charge in [-0.15, -0.1) is 0 Å². The monoisotopic (exact) mass is 261 g/mol. The van der Waals surface area contributed by atoms with E-state index in [-0.39, 0.29) is 10.9 Å². The molecule has 0 bridgehead atoms. The number of hydrogen-bond acceptors (Lipinski definition) is 4. The lowest BCUT2D eigenvalue weighted by Gasteiger charge is -2.36. The number of rotatable bonds is 3. The maximum absolute atomic E-state index is 11.4. The lowest BCUT2D eigenvalue weighted by molar-refractivity contribution is -0.00132. The van der Waals surface area contributed by atoms with Gasteiger partial charge in [0.05, 0.1) is 5.25 Å². The highest BCUT2D eigenvalue weighted by atomic mass is 32.2. The van der Waals surface area contributed by atoms with E-state index in [1.165, 1.54) is 6.26 Å². The van der Waals surface area contributed by atoms with Crippen molar-refractivity contribution < 1.29 is 13.2 Å². The second-order valence-electron chi connectivity index (χ2n) is 5.62. The fourth-order valence-corrected chi connectivity index (χ4v) is 3.02. The average molecular weight is 261 g/mol. The molecule has 1 aliphatic heterocycles. The number of hydrogen-bond donors (Lipinski definition) is 0. The molecule has 0 saturated carbocycles. The predicted octanol–water partition coefficient (Wildman–Crippen LogP) is 1.78. The Morgan fingerprint density at radius 3 is 2.12 bits per heavy atom. The Morgan fingerprint density at radius 1 is 1.29 bits per heavy atom. The molecule has 1 rings (SSSR count). The third kappa shape index (κ3) is 4.58. The molecular formula is C12H23NO3S. The van der Waals surface area contributed by atoms with Crippen LogP contribution in [0.4, 0.5) is 0 Å². The highest BCUT2D eigenvalue weighted by Crippen LogP contribution is 2.22. The zero-order valence-electron chi connectivity index (χ0n) is 11.2. The minimum absolute atomic E-state index is 0.207. The molecule has 0 unspecified atom stereocenters. The van der Waals surface area contributed by atoms with Gasteiger partial charge in [0.25, 0.3) is 0 Å². The fourth-order valence-electron chi connectivity index (χ4n) is 1.95. The summed E-state index contributed by atoms with van der Waals surface area (Å²) in [6.07, 6.45) is 2.63. The Kier molecular flexibility index (Phi) is 4.12. The Labute approximate surface area is 105 Å². The molecule has 1 saturated heterocycles. The second kappa shape index (κ2) is 4.88. The van der Waals surface area contributed by atoms with Crippen LogP contribution in [0.1, 0.15) is 33.6 Å². The van der Waals surface area contributed by atoms with Crippen LogP contribution in [0.15, 0.2) is 12.5 Å². The quantitative estimate of drug-likeness (QED) is 0.727.